The minimum atomic E-state index is -0.459. The van der Waals surface area contributed by atoms with Crippen LogP contribution in [0.3, 0.4) is 0 Å². The summed E-state index contributed by atoms with van der Waals surface area (Å²) in [6.07, 6.45) is 0. The molecule has 1 aliphatic heterocycles. The molecule has 5 nitrogen and oxygen atoms in total. The average molecular weight is 294 g/mol. The summed E-state index contributed by atoms with van der Waals surface area (Å²) in [7, 11) is -0.273. The number of fused-ring (bicyclic) bond motifs is 2. The summed E-state index contributed by atoms with van der Waals surface area (Å²) in [5.41, 5.74) is 2.36. The second-order valence-electron chi connectivity index (χ2n) is 3.68. The number of thiophene rings is 1. The first kappa shape index (κ1) is 12.3. The van der Waals surface area contributed by atoms with E-state index in [4.69, 9.17) is 14.2 Å². The summed E-state index contributed by atoms with van der Waals surface area (Å²) >= 11 is 1.31. The van der Waals surface area contributed by atoms with Gasteiger partial charge in [0.2, 0.25) is 0 Å². The van der Waals surface area contributed by atoms with Crippen molar-refractivity contribution in [3.05, 3.63) is 23.1 Å². The molecule has 0 aliphatic carbocycles. The predicted octanol–water partition coefficient (Wildman–Crippen LogP) is 3.04. The SMILES string of the molecule is O=P#CCOC(=O)c1cc2cc3c(cc2s1)OCO3. The first-order valence-electron chi connectivity index (χ1n) is 5.33. The molecule has 0 saturated carbocycles. The second-order valence-corrected chi connectivity index (χ2v) is 5.26. The zero-order chi connectivity index (χ0) is 13.2. The van der Waals surface area contributed by atoms with Crippen LogP contribution in [0.1, 0.15) is 9.67 Å². The van der Waals surface area contributed by atoms with Gasteiger partial charge in [0.15, 0.2) is 0 Å². The molecule has 0 unspecified atom stereocenters. The summed E-state index contributed by atoms with van der Waals surface area (Å²) < 4.78 is 26.5. The van der Waals surface area contributed by atoms with Crippen molar-refractivity contribution in [1.29, 1.82) is 0 Å². The van der Waals surface area contributed by atoms with E-state index < -0.39 is 5.97 Å². The van der Waals surface area contributed by atoms with E-state index in [0.29, 0.717) is 16.4 Å². The van der Waals surface area contributed by atoms with Gasteiger partial charge in [-0.3, -0.25) is 0 Å². The van der Waals surface area contributed by atoms with Crippen LogP contribution in [0.25, 0.3) is 10.1 Å². The van der Waals surface area contributed by atoms with Crippen molar-refractivity contribution < 1.29 is 23.6 Å². The third-order valence-corrected chi connectivity index (χ3v) is 3.88. The number of benzene rings is 1. The molecule has 0 amide bonds. The average Bonchev–Trinajstić information content (AvgIpc) is 3.00. The normalized spacial score (nSPS) is 12.2. The molecule has 7 heteroatoms. The van der Waals surface area contributed by atoms with E-state index in [1.807, 2.05) is 12.1 Å². The third-order valence-electron chi connectivity index (χ3n) is 2.55. The maximum absolute atomic E-state index is 11.7. The van der Waals surface area contributed by atoms with Gasteiger partial charge >= 0.3 is 112 Å². The molecule has 2 heterocycles. The molecule has 0 bridgehead atoms. The van der Waals surface area contributed by atoms with Crippen molar-refractivity contribution in [2.75, 3.05) is 13.4 Å². The zero-order valence-electron chi connectivity index (χ0n) is 9.54. The Labute approximate surface area is 113 Å². The summed E-state index contributed by atoms with van der Waals surface area (Å²) in [6, 6.07) is 5.41. The van der Waals surface area contributed by atoms with Gasteiger partial charge < -0.3 is 0 Å². The first-order valence-corrected chi connectivity index (χ1v) is 6.96. The molecule has 0 N–H and O–H groups in total. The Morgan fingerprint density at radius 3 is 2.95 bits per heavy atom. The molecule has 0 saturated heterocycles. The monoisotopic (exact) mass is 294 g/mol. The van der Waals surface area contributed by atoms with Crippen molar-refractivity contribution in [2.45, 2.75) is 0 Å². The molecule has 1 aromatic carbocycles. The van der Waals surface area contributed by atoms with Crippen LogP contribution in [-0.4, -0.2) is 19.4 Å². The number of hydrogen-bond donors (Lipinski definition) is 0. The predicted molar refractivity (Wildman–Crippen MR) is 69.7 cm³/mol. The van der Waals surface area contributed by atoms with Crippen molar-refractivity contribution in [3.63, 3.8) is 0 Å². The summed E-state index contributed by atoms with van der Waals surface area (Å²) in [5.74, 6) is 0.900. The number of carbonyl (C=O) groups excluding carboxylic acids is 1. The van der Waals surface area contributed by atoms with Gasteiger partial charge in [0.1, 0.15) is 0 Å². The van der Waals surface area contributed by atoms with Crippen LogP contribution in [0.5, 0.6) is 11.5 Å². The Morgan fingerprint density at radius 1 is 1.37 bits per heavy atom. The van der Waals surface area contributed by atoms with Crippen LogP contribution >= 0.6 is 19.3 Å². The Balaban J connectivity index is 1.91. The van der Waals surface area contributed by atoms with Crippen LogP contribution in [0.15, 0.2) is 18.2 Å². The van der Waals surface area contributed by atoms with Crippen LogP contribution in [0.2, 0.25) is 0 Å². The minimum absolute atomic E-state index is 0.0964. The molecule has 0 fully saturated rings. The molecule has 1 aliphatic rings. The van der Waals surface area contributed by atoms with Gasteiger partial charge in [-0.2, -0.15) is 0 Å². The molecule has 3 rings (SSSR count). The fraction of sp³-hybridized carbons (Fsp3) is 0.167. The number of esters is 1. The molecule has 0 spiro atoms. The Kier molecular flexibility index (Phi) is 3.30. The van der Waals surface area contributed by atoms with Crippen molar-refractivity contribution in [2.24, 2.45) is 0 Å². The fourth-order valence-corrected chi connectivity index (χ4v) is 2.81. The van der Waals surface area contributed by atoms with E-state index in [1.165, 1.54) is 11.3 Å². The van der Waals surface area contributed by atoms with Crippen LogP contribution in [0, 0.1) is 5.63 Å². The number of rotatable bonds is 2. The fourth-order valence-electron chi connectivity index (χ4n) is 1.73. The number of hydrogen-bond acceptors (Lipinski definition) is 6. The van der Waals surface area contributed by atoms with Gasteiger partial charge in [-0.1, -0.05) is 0 Å². The topological polar surface area (TPSA) is 61.8 Å². The van der Waals surface area contributed by atoms with Crippen molar-refractivity contribution in [3.8, 4) is 17.1 Å². The second kappa shape index (κ2) is 5.10. The van der Waals surface area contributed by atoms with Gasteiger partial charge in [0.05, 0.1) is 0 Å². The van der Waals surface area contributed by atoms with Gasteiger partial charge in [-0.15, -0.1) is 0 Å². The summed E-state index contributed by atoms with van der Waals surface area (Å²) in [4.78, 5) is 12.2. The maximum atomic E-state index is 11.7. The molecule has 2 aromatic rings. The molecular weight excluding hydrogens is 287 g/mol. The van der Waals surface area contributed by atoms with E-state index in [-0.39, 0.29) is 21.3 Å². The van der Waals surface area contributed by atoms with E-state index >= 15 is 0 Å². The number of ether oxygens (including phenoxy) is 3. The van der Waals surface area contributed by atoms with Crippen LogP contribution < -0.4 is 9.47 Å². The molecule has 19 heavy (non-hydrogen) atoms. The Hall–Kier alpha value is -1.74. The first-order chi connectivity index (χ1) is 9.28. The molecule has 96 valence electrons. The van der Waals surface area contributed by atoms with E-state index in [0.717, 1.165) is 10.1 Å². The van der Waals surface area contributed by atoms with Crippen molar-refractivity contribution in [1.82, 2.24) is 0 Å². The van der Waals surface area contributed by atoms with Gasteiger partial charge in [-0.25, -0.2) is 0 Å². The third kappa shape index (κ3) is 2.38. The quantitative estimate of drug-likeness (QED) is 0.629. The molecule has 0 radical (unpaired) electrons. The summed E-state index contributed by atoms with van der Waals surface area (Å²) in [6.45, 7) is 0.127. The zero-order valence-corrected chi connectivity index (χ0v) is 11.3. The van der Waals surface area contributed by atoms with Crippen LogP contribution in [0.4, 0.5) is 0 Å². The van der Waals surface area contributed by atoms with Gasteiger partial charge in [0.25, 0.3) is 0 Å². The van der Waals surface area contributed by atoms with E-state index in [1.54, 1.807) is 6.07 Å². The Bertz CT molecular complexity index is 720. The van der Waals surface area contributed by atoms with E-state index in [9.17, 15) is 9.36 Å². The molecular formula is C12H7O5PS. The molecule has 1 aromatic heterocycles. The standard InChI is InChI=1S/C12H7O5PS/c13-12(15-1-2-18-14)11-4-7-3-8-9(17-6-16-8)5-10(7)19-11/h3-5H,1,6H2. The number of carbonyl (C=O) groups is 1. The molecule has 0 atom stereocenters. The van der Waals surface area contributed by atoms with Crippen LogP contribution in [-0.2, 0) is 9.30 Å². The Morgan fingerprint density at radius 2 is 2.16 bits per heavy atom. The van der Waals surface area contributed by atoms with E-state index in [2.05, 4.69) is 5.63 Å². The van der Waals surface area contributed by atoms with Gasteiger partial charge in [-0.05, 0) is 0 Å². The van der Waals surface area contributed by atoms with Crippen molar-refractivity contribution >= 4 is 35.3 Å². The summed E-state index contributed by atoms with van der Waals surface area (Å²) in [5, 5.41) is 0.899. The van der Waals surface area contributed by atoms with Gasteiger partial charge in [0, 0.05) is 0 Å².